The lowest BCUT2D eigenvalue weighted by molar-refractivity contribution is -0.153. The molecule has 0 aliphatic carbocycles. The summed E-state index contributed by atoms with van der Waals surface area (Å²) in [5.74, 6) is -2.13. The number of rotatable bonds is 13. The van der Waals surface area contributed by atoms with E-state index in [4.69, 9.17) is 4.74 Å². The quantitative estimate of drug-likeness (QED) is 0.265. The number of hydrogen-bond donors (Lipinski definition) is 1. The van der Waals surface area contributed by atoms with E-state index in [9.17, 15) is 19.5 Å². The summed E-state index contributed by atoms with van der Waals surface area (Å²) in [7, 11) is 0. The van der Waals surface area contributed by atoms with Crippen LogP contribution in [0.25, 0.3) is 0 Å². The summed E-state index contributed by atoms with van der Waals surface area (Å²) in [6.45, 7) is 16.3. The molecule has 8 nitrogen and oxygen atoms in total. The van der Waals surface area contributed by atoms with Crippen molar-refractivity contribution in [1.29, 1.82) is 0 Å². The number of carbonyl (C=O) groups is 3. The zero-order chi connectivity index (χ0) is 30.1. The Bertz CT molecular complexity index is 1140. The van der Waals surface area contributed by atoms with E-state index in [1.54, 1.807) is 26.9 Å². The highest BCUT2D eigenvalue weighted by Gasteiger charge is 2.77. The molecule has 1 N–H and O–H groups in total. The molecule has 3 unspecified atom stereocenters. The number of carbonyl (C=O) groups excluding carboxylic acids is 3. The van der Waals surface area contributed by atoms with Crippen LogP contribution in [0.3, 0.4) is 0 Å². The summed E-state index contributed by atoms with van der Waals surface area (Å²) in [5.41, 5.74) is -0.211. The van der Waals surface area contributed by atoms with E-state index in [1.807, 2.05) is 58.0 Å². The lowest BCUT2D eigenvalue weighted by atomic mass is 9.70. The average molecular weight is 631 g/mol. The first-order valence-corrected chi connectivity index (χ1v) is 15.5. The van der Waals surface area contributed by atoms with Crippen LogP contribution in [0.5, 0.6) is 0 Å². The van der Waals surface area contributed by atoms with Crippen molar-refractivity contribution in [3.63, 3.8) is 0 Å². The molecule has 224 valence electrons. The predicted octanol–water partition coefficient (Wildman–Crippen LogP) is 3.78. The SMILES string of the molecule is C=CCN(Cc1ccccc1)C(=O)[C@H]1[C@@H]2OC3(CC2Br)C(C(=O)N(CC=C)C(C)C)N([C@@H](CO)CC(C)C)C(=O)[C@H]13. The third-order valence-electron chi connectivity index (χ3n) is 8.70. The second-order valence-electron chi connectivity index (χ2n) is 12.2. The van der Waals surface area contributed by atoms with Crippen molar-refractivity contribution in [3.8, 4) is 0 Å². The number of ether oxygens (including phenoxy) is 1. The van der Waals surface area contributed by atoms with Gasteiger partial charge in [-0.1, -0.05) is 72.3 Å². The van der Waals surface area contributed by atoms with Crippen LogP contribution in [0.4, 0.5) is 0 Å². The Kier molecular flexibility index (Phi) is 9.81. The van der Waals surface area contributed by atoms with Crippen molar-refractivity contribution in [1.82, 2.24) is 14.7 Å². The summed E-state index contributed by atoms with van der Waals surface area (Å²) in [5, 5.41) is 10.5. The van der Waals surface area contributed by atoms with E-state index in [-0.39, 0.29) is 41.1 Å². The Morgan fingerprint density at radius 3 is 2.37 bits per heavy atom. The van der Waals surface area contributed by atoms with Gasteiger partial charge in [-0.15, -0.1) is 13.2 Å². The van der Waals surface area contributed by atoms with E-state index in [0.29, 0.717) is 32.5 Å². The van der Waals surface area contributed by atoms with Gasteiger partial charge in [0.25, 0.3) is 0 Å². The van der Waals surface area contributed by atoms with Gasteiger partial charge in [0.15, 0.2) is 0 Å². The minimum absolute atomic E-state index is 0.143. The standard InChI is InChI=1S/C32H44BrN3O5/c1-7-14-34(18-22-12-10-9-11-13-22)29(38)25-26-30(39)36(23(19-37)16-20(3)4)28(31(40)35(15-8-2)21(5)6)32(26)17-24(33)27(25)41-32/h7-13,20-21,23-28,37H,1-2,14-19H2,3-6H3/t23-,24?,25-,26+,27-,28?,32?/m1/s1. The maximum atomic E-state index is 14.5. The molecule has 1 spiro atoms. The highest BCUT2D eigenvalue weighted by molar-refractivity contribution is 9.09. The van der Waals surface area contributed by atoms with Crippen molar-refractivity contribution >= 4 is 33.7 Å². The van der Waals surface area contributed by atoms with E-state index in [1.165, 1.54) is 0 Å². The molecule has 4 rings (SSSR count). The summed E-state index contributed by atoms with van der Waals surface area (Å²) in [6.07, 6.45) is 3.75. The lowest BCUT2D eigenvalue weighted by Gasteiger charge is -2.40. The van der Waals surface area contributed by atoms with Crippen LogP contribution < -0.4 is 0 Å². The Balaban J connectivity index is 1.80. The number of nitrogens with zero attached hydrogens (tertiary/aromatic N) is 3. The topological polar surface area (TPSA) is 90.4 Å². The fraction of sp³-hybridized carbons (Fsp3) is 0.594. The Hall–Kier alpha value is -2.49. The fourth-order valence-corrected chi connectivity index (χ4v) is 8.04. The molecule has 3 amide bonds. The van der Waals surface area contributed by atoms with Gasteiger partial charge in [0.2, 0.25) is 17.7 Å². The van der Waals surface area contributed by atoms with Gasteiger partial charge >= 0.3 is 0 Å². The zero-order valence-electron chi connectivity index (χ0n) is 24.6. The number of benzene rings is 1. The molecule has 9 heteroatoms. The number of fused-ring (bicyclic) bond motifs is 1. The van der Waals surface area contributed by atoms with Gasteiger partial charge in [-0.05, 0) is 38.2 Å². The van der Waals surface area contributed by atoms with Gasteiger partial charge < -0.3 is 24.5 Å². The van der Waals surface area contributed by atoms with Crippen molar-refractivity contribution in [2.75, 3.05) is 19.7 Å². The van der Waals surface area contributed by atoms with Crippen molar-refractivity contribution < 1.29 is 24.2 Å². The molecule has 0 aromatic heterocycles. The molecule has 3 heterocycles. The Labute approximate surface area is 252 Å². The largest absolute Gasteiger partial charge is 0.394 e. The molecule has 3 saturated heterocycles. The first-order chi connectivity index (χ1) is 19.5. The highest BCUT2D eigenvalue weighted by Crippen LogP contribution is 2.61. The molecule has 0 radical (unpaired) electrons. The second kappa shape index (κ2) is 12.8. The van der Waals surface area contributed by atoms with Gasteiger partial charge in [0.1, 0.15) is 11.6 Å². The molecule has 2 bridgehead atoms. The molecule has 1 aromatic carbocycles. The van der Waals surface area contributed by atoms with Crippen LogP contribution >= 0.6 is 15.9 Å². The van der Waals surface area contributed by atoms with E-state index >= 15 is 0 Å². The third kappa shape index (κ3) is 5.65. The zero-order valence-corrected chi connectivity index (χ0v) is 26.2. The summed E-state index contributed by atoms with van der Waals surface area (Å²) in [4.78, 5) is 48.1. The van der Waals surface area contributed by atoms with Crippen LogP contribution in [0.2, 0.25) is 0 Å². The van der Waals surface area contributed by atoms with Crippen molar-refractivity contribution in [2.24, 2.45) is 17.8 Å². The third-order valence-corrected chi connectivity index (χ3v) is 9.55. The Morgan fingerprint density at radius 2 is 1.80 bits per heavy atom. The number of amides is 3. The Morgan fingerprint density at radius 1 is 1.15 bits per heavy atom. The van der Waals surface area contributed by atoms with Gasteiger partial charge in [-0.3, -0.25) is 14.4 Å². The molecule has 0 saturated carbocycles. The molecular weight excluding hydrogens is 586 g/mol. The van der Waals surface area contributed by atoms with Crippen molar-refractivity contribution in [3.05, 3.63) is 61.2 Å². The molecule has 3 fully saturated rings. The first-order valence-electron chi connectivity index (χ1n) is 14.6. The average Bonchev–Trinajstić information content (AvgIpc) is 3.53. The normalized spacial score (nSPS) is 29.1. The maximum absolute atomic E-state index is 14.5. The monoisotopic (exact) mass is 629 g/mol. The van der Waals surface area contributed by atoms with Crippen LogP contribution in [-0.4, -0.2) is 91.9 Å². The smallest absolute Gasteiger partial charge is 0.248 e. The molecule has 7 atom stereocenters. The molecule has 1 aromatic rings. The fourth-order valence-electron chi connectivity index (χ4n) is 7.10. The predicted molar refractivity (Wildman–Crippen MR) is 162 cm³/mol. The van der Waals surface area contributed by atoms with Crippen LogP contribution in [0.15, 0.2) is 55.6 Å². The van der Waals surface area contributed by atoms with Crippen LogP contribution in [0, 0.1) is 17.8 Å². The number of aliphatic hydroxyl groups is 1. The van der Waals surface area contributed by atoms with Gasteiger partial charge in [0.05, 0.1) is 30.6 Å². The minimum atomic E-state index is -1.18. The number of likely N-dealkylation sites (tertiary alicyclic amines) is 1. The van der Waals surface area contributed by atoms with Crippen LogP contribution in [-0.2, 0) is 25.7 Å². The number of hydrogen-bond acceptors (Lipinski definition) is 5. The van der Waals surface area contributed by atoms with Crippen LogP contribution in [0.1, 0.15) is 46.1 Å². The van der Waals surface area contributed by atoms with E-state index < -0.39 is 35.6 Å². The summed E-state index contributed by atoms with van der Waals surface area (Å²) < 4.78 is 6.71. The first kappa shape index (κ1) is 31.4. The molecule has 41 heavy (non-hydrogen) atoms. The van der Waals surface area contributed by atoms with E-state index in [0.717, 1.165) is 5.56 Å². The lowest BCUT2D eigenvalue weighted by Crippen LogP contribution is -2.60. The van der Waals surface area contributed by atoms with Gasteiger partial charge in [-0.25, -0.2) is 0 Å². The highest BCUT2D eigenvalue weighted by atomic mass is 79.9. The second-order valence-corrected chi connectivity index (χ2v) is 13.4. The number of aliphatic hydroxyl groups excluding tert-OH is 1. The summed E-state index contributed by atoms with van der Waals surface area (Å²) >= 11 is 3.76. The number of alkyl halides is 1. The summed E-state index contributed by atoms with van der Waals surface area (Å²) in [6, 6.07) is 8.04. The van der Waals surface area contributed by atoms with Gasteiger partial charge in [0, 0.05) is 30.5 Å². The molecular formula is C32H44BrN3O5. The number of halogens is 1. The van der Waals surface area contributed by atoms with Crippen molar-refractivity contribution in [2.45, 2.75) is 81.7 Å². The van der Waals surface area contributed by atoms with E-state index in [2.05, 4.69) is 29.1 Å². The minimum Gasteiger partial charge on any atom is -0.394 e. The maximum Gasteiger partial charge on any atom is 0.248 e. The molecule has 3 aliphatic heterocycles. The molecule has 3 aliphatic rings. The van der Waals surface area contributed by atoms with Gasteiger partial charge in [-0.2, -0.15) is 0 Å².